The van der Waals surface area contributed by atoms with Crippen molar-refractivity contribution in [2.24, 2.45) is 5.73 Å². The Bertz CT molecular complexity index is 387. The fraction of sp³-hybridized carbons (Fsp3) is 0.400. The third kappa shape index (κ3) is 3.12. The van der Waals surface area contributed by atoms with Crippen LogP contribution in [0.5, 0.6) is 0 Å². The standard InChI is InChI=1S/C10H9F6N/c11-8-3-5(10(14,15)16)1-2-6(8)7(4-17)9(12)13/h1-3,7,9H,4,17H2. The van der Waals surface area contributed by atoms with Gasteiger partial charge in [-0.25, -0.2) is 13.2 Å². The lowest BCUT2D eigenvalue weighted by Gasteiger charge is -2.16. The molecule has 0 saturated heterocycles. The second-order valence-corrected chi connectivity index (χ2v) is 3.41. The minimum atomic E-state index is -4.71. The van der Waals surface area contributed by atoms with E-state index in [2.05, 4.69) is 0 Å². The summed E-state index contributed by atoms with van der Waals surface area (Å²) in [7, 11) is 0. The topological polar surface area (TPSA) is 26.0 Å². The molecule has 0 amide bonds. The highest BCUT2D eigenvalue weighted by Gasteiger charge is 2.32. The van der Waals surface area contributed by atoms with Crippen molar-refractivity contribution in [2.75, 3.05) is 6.54 Å². The molecule has 0 heterocycles. The summed E-state index contributed by atoms with van der Waals surface area (Å²) in [6.45, 7) is -0.542. The molecule has 0 aliphatic rings. The lowest BCUT2D eigenvalue weighted by atomic mass is 9.97. The molecule has 7 heteroatoms. The van der Waals surface area contributed by atoms with Crippen LogP contribution in [-0.4, -0.2) is 13.0 Å². The maximum Gasteiger partial charge on any atom is 0.416 e. The number of hydrogen-bond donors (Lipinski definition) is 1. The predicted octanol–water partition coefficient (Wildman–Crippen LogP) is 3.15. The summed E-state index contributed by atoms with van der Waals surface area (Å²) in [5.41, 5.74) is 3.31. The molecule has 2 N–H and O–H groups in total. The third-order valence-electron chi connectivity index (χ3n) is 2.29. The van der Waals surface area contributed by atoms with Crippen LogP contribution in [0.1, 0.15) is 17.0 Å². The molecule has 1 aromatic carbocycles. The Hall–Kier alpha value is -1.24. The third-order valence-corrected chi connectivity index (χ3v) is 2.29. The van der Waals surface area contributed by atoms with Crippen LogP contribution in [0.4, 0.5) is 26.3 Å². The largest absolute Gasteiger partial charge is 0.416 e. The Balaban J connectivity index is 3.13. The Kier molecular flexibility index (Phi) is 4.03. The van der Waals surface area contributed by atoms with Crippen LogP contribution < -0.4 is 5.73 Å². The van der Waals surface area contributed by atoms with E-state index in [-0.39, 0.29) is 6.07 Å². The molecule has 1 aromatic rings. The summed E-state index contributed by atoms with van der Waals surface area (Å²) in [4.78, 5) is 0. The van der Waals surface area contributed by atoms with Gasteiger partial charge >= 0.3 is 6.18 Å². The van der Waals surface area contributed by atoms with Gasteiger partial charge < -0.3 is 5.73 Å². The summed E-state index contributed by atoms with van der Waals surface area (Å²) >= 11 is 0. The molecule has 1 unspecified atom stereocenters. The van der Waals surface area contributed by atoms with Gasteiger partial charge in [-0.05, 0) is 17.7 Å². The first-order chi connectivity index (χ1) is 7.77. The van der Waals surface area contributed by atoms with Crippen molar-refractivity contribution in [3.05, 3.63) is 35.1 Å². The Labute approximate surface area is 93.2 Å². The van der Waals surface area contributed by atoms with Crippen LogP contribution in [0.15, 0.2) is 18.2 Å². The second-order valence-electron chi connectivity index (χ2n) is 3.41. The average Bonchev–Trinajstić information content (AvgIpc) is 2.19. The number of benzene rings is 1. The maximum atomic E-state index is 13.3. The fourth-order valence-corrected chi connectivity index (χ4v) is 1.37. The summed E-state index contributed by atoms with van der Waals surface area (Å²) in [6.07, 6.45) is -7.63. The highest BCUT2D eigenvalue weighted by molar-refractivity contribution is 5.29. The van der Waals surface area contributed by atoms with Gasteiger partial charge in [0.2, 0.25) is 6.43 Å². The van der Waals surface area contributed by atoms with Gasteiger partial charge in [-0.1, -0.05) is 6.07 Å². The molecule has 0 fully saturated rings. The predicted molar refractivity (Wildman–Crippen MR) is 49.2 cm³/mol. The van der Waals surface area contributed by atoms with Crippen LogP contribution in [0.3, 0.4) is 0 Å². The van der Waals surface area contributed by atoms with E-state index in [0.29, 0.717) is 12.1 Å². The van der Waals surface area contributed by atoms with Gasteiger partial charge in [-0.15, -0.1) is 0 Å². The second kappa shape index (κ2) is 4.95. The molecule has 0 spiro atoms. The SMILES string of the molecule is NCC(c1ccc(C(F)(F)F)cc1F)C(F)F. The molecular weight excluding hydrogens is 248 g/mol. The van der Waals surface area contributed by atoms with Gasteiger partial charge in [0.05, 0.1) is 11.5 Å². The molecule has 1 rings (SSSR count). The summed E-state index contributed by atoms with van der Waals surface area (Å²) in [5, 5.41) is 0. The van der Waals surface area contributed by atoms with Crippen molar-refractivity contribution in [3.8, 4) is 0 Å². The van der Waals surface area contributed by atoms with E-state index >= 15 is 0 Å². The Morgan fingerprint density at radius 3 is 2.12 bits per heavy atom. The van der Waals surface area contributed by atoms with Gasteiger partial charge in [0, 0.05) is 6.54 Å². The normalized spacial score (nSPS) is 14.1. The molecule has 0 aliphatic heterocycles. The van der Waals surface area contributed by atoms with E-state index in [1.54, 1.807) is 0 Å². The maximum absolute atomic E-state index is 13.3. The van der Waals surface area contributed by atoms with Gasteiger partial charge in [0.15, 0.2) is 0 Å². The average molecular weight is 257 g/mol. The van der Waals surface area contributed by atoms with Crippen molar-refractivity contribution in [1.82, 2.24) is 0 Å². The number of rotatable bonds is 3. The van der Waals surface area contributed by atoms with Crippen molar-refractivity contribution in [1.29, 1.82) is 0 Å². The highest BCUT2D eigenvalue weighted by Crippen LogP contribution is 2.32. The molecule has 17 heavy (non-hydrogen) atoms. The van der Waals surface area contributed by atoms with Crippen LogP contribution >= 0.6 is 0 Å². The van der Waals surface area contributed by atoms with Gasteiger partial charge in [-0.3, -0.25) is 0 Å². The zero-order chi connectivity index (χ0) is 13.2. The minimum Gasteiger partial charge on any atom is -0.330 e. The summed E-state index contributed by atoms with van der Waals surface area (Å²) < 4.78 is 74.8. The molecular formula is C10H9F6N. The number of halogens is 6. The smallest absolute Gasteiger partial charge is 0.330 e. The molecule has 1 atom stereocenters. The monoisotopic (exact) mass is 257 g/mol. The van der Waals surface area contributed by atoms with E-state index in [1.807, 2.05) is 0 Å². The molecule has 0 aliphatic carbocycles. The first kappa shape index (κ1) is 13.8. The van der Waals surface area contributed by atoms with Gasteiger partial charge in [0.25, 0.3) is 0 Å². The molecule has 0 bridgehead atoms. The molecule has 1 nitrogen and oxygen atoms in total. The number of alkyl halides is 5. The van der Waals surface area contributed by atoms with E-state index in [4.69, 9.17) is 5.73 Å². The lowest BCUT2D eigenvalue weighted by molar-refractivity contribution is -0.137. The van der Waals surface area contributed by atoms with E-state index in [9.17, 15) is 26.3 Å². The highest BCUT2D eigenvalue weighted by atomic mass is 19.4. The quantitative estimate of drug-likeness (QED) is 0.827. The number of nitrogens with two attached hydrogens (primary N) is 1. The zero-order valence-electron chi connectivity index (χ0n) is 8.44. The van der Waals surface area contributed by atoms with Crippen LogP contribution in [0.25, 0.3) is 0 Å². The van der Waals surface area contributed by atoms with Gasteiger partial charge in [0.1, 0.15) is 5.82 Å². The molecule has 0 saturated carbocycles. The Morgan fingerprint density at radius 2 is 1.76 bits per heavy atom. The van der Waals surface area contributed by atoms with Crippen LogP contribution in [0.2, 0.25) is 0 Å². The zero-order valence-corrected chi connectivity index (χ0v) is 8.44. The van der Waals surface area contributed by atoms with E-state index in [0.717, 1.165) is 0 Å². The van der Waals surface area contributed by atoms with Gasteiger partial charge in [-0.2, -0.15) is 13.2 Å². The minimum absolute atomic E-state index is 0.195. The number of hydrogen-bond acceptors (Lipinski definition) is 1. The van der Waals surface area contributed by atoms with E-state index < -0.39 is 42.0 Å². The molecule has 0 aromatic heterocycles. The Morgan fingerprint density at radius 1 is 1.18 bits per heavy atom. The summed E-state index contributed by atoms with van der Waals surface area (Å²) in [5.74, 6) is -2.92. The van der Waals surface area contributed by atoms with Crippen LogP contribution in [0, 0.1) is 5.82 Å². The van der Waals surface area contributed by atoms with Crippen molar-refractivity contribution in [3.63, 3.8) is 0 Å². The summed E-state index contributed by atoms with van der Waals surface area (Å²) in [6, 6.07) is 1.45. The first-order valence-corrected chi connectivity index (χ1v) is 4.62. The van der Waals surface area contributed by atoms with Crippen LogP contribution in [-0.2, 0) is 6.18 Å². The lowest BCUT2D eigenvalue weighted by Crippen LogP contribution is -2.21. The van der Waals surface area contributed by atoms with Crippen molar-refractivity contribution < 1.29 is 26.3 Å². The van der Waals surface area contributed by atoms with Crippen molar-refractivity contribution >= 4 is 0 Å². The molecule has 96 valence electrons. The van der Waals surface area contributed by atoms with Crippen molar-refractivity contribution in [2.45, 2.75) is 18.5 Å². The van der Waals surface area contributed by atoms with E-state index in [1.165, 1.54) is 0 Å². The first-order valence-electron chi connectivity index (χ1n) is 4.62. The molecule has 0 radical (unpaired) electrons. The fourth-order valence-electron chi connectivity index (χ4n) is 1.37.